The monoisotopic (exact) mass is 234 g/mol. The van der Waals surface area contributed by atoms with Gasteiger partial charge in [0.1, 0.15) is 5.76 Å². The number of aliphatic hydroxyl groups excluding tert-OH is 1. The quantitative estimate of drug-likeness (QED) is 0.793. The Bertz CT molecular complexity index is 376. The predicted molar refractivity (Wildman–Crippen MR) is 69.1 cm³/mol. The summed E-state index contributed by atoms with van der Waals surface area (Å²) in [5.74, 6) is 2.26. The molecule has 0 aromatic rings. The van der Waals surface area contributed by atoms with Crippen molar-refractivity contribution < 1.29 is 9.84 Å². The molecule has 94 valence electrons. The minimum absolute atomic E-state index is 0.246. The van der Waals surface area contributed by atoms with Crippen molar-refractivity contribution in [2.24, 2.45) is 17.8 Å². The summed E-state index contributed by atoms with van der Waals surface area (Å²) in [4.78, 5) is 0. The molecule has 0 spiro atoms. The van der Waals surface area contributed by atoms with Gasteiger partial charge in [-0.05, 0) is 54.7 Å². The van der Waals surface area contributed by atoms with Crippen molar-refractivity contribution in [2.45, 2.75) is 33.6 Å². The maximum absolute atomic E-state index is 9.36. The van der Waals surface area contributed by atoms with E-state index in [1.165, 1.54) is 17.6 Å². The van der Waals surface area contributed by atoms with Gasteiger partial charge in [-0.3, -0.25) is 0 Å². The van der Waals surface area contributed by atoms with Crippen molar-refractivity contribution in [1.29, 1.82) is 0 Å². The second-order valence-corrected chi connectivity index (χ2v) is 5.34. The Morgan fingerprint density at radius 1 is 1.35 bits per heavy atom. The zero-order chi connectivity index (χ0) is 12.4. The van der Waals surface area contributed by atoms with Gasteiger partial charge in [0.25, 0.3) is 0 Å². The highest BCUT2D eigenvalue weighted by atomic mass is 16.5. The number of ether oxygens (including phenoxy) is 1. The van der Waals surface area contributed by atoms with Crippen molar-refractivity contribution in [1.82, 2.24) is 0 Å². The summed E-state index contributed by atoms with van der Waals surface area (Å²) >= 11 is 0. The topological polar surface area (TPSA) is 29.5 Å². The molecule has 0 amide bonds. The van der Waals surface area contributed by atoms with E-state index in [1.54, 1.807) is 0 Å². The average molecular weight is 234 g/mol. The lowest BCUT2D eigenvalue weighted by molar-refractivity contribution is 0.185. The van der Waals surface area contributed by atoms with Crippen LogP contribution in [-0.2, 0) is 4.74 Å². The number of allylic oxidation sites excluding steroid dienone is 5. The smallest absolute Gasteiger partial charge is 0.100 e. The third kappa shape index (κ3) is 2.47. The molecule has 2 heteroatoms. The molecule has 2 nitrogen and oxygen atoms in total. The van der Waals surface area contributed by atoms with Crippen LogP contribution in [0.1, 0.15) is 33.6 Å². The van der Waals surface area contributed by atoms with E-state index in [9.17, 15) is 5.11 Å². The Balaban J connectivity index is 2.32. The molecule has 0 saturated heterocycles. The molecule has 1 fully saturated rings. The third-order valence-electron chi connectivity index (χ3n) is 4.02. The second-order valence-electron chi connectivity index (χ2n) is 5.34. The summed E-state index contributed by atoms with van der Waals surface area (Å²) in [6.45, 7) is 6.61. The average Bonchev–Trinajstić information content (AvgIpc) is 2.52. The first kappa shape index (κ1) is 12.4. The lowest BCUT2D eigenvalue weighted by Crippen LogP contribution is -2.25. The molecule has 1 saturated carbocycles. The standard InChI is InChI=1S/C15H22O2/c1-10-4-6-14(11(2)8-16)15-9-17-12(3)5-7-13(10)15/h5,7,9-11,14,16H,4,6,8H2,1-3H3/t10-,11+,14?/m1/s1. The van der Waals surface area contributed by atoms with Crippen LogP contribution in [0.25, 0.3) is 0 Å². The summed E-state index contributed by atoms with van der Waals surface area (Å²) in [7, 11) is 0. The Labute approximate surface area is 104 Å². The zero-order valence-electron chi connectivity index (χ0n) is 10.9. The molecular formula is C15H22O2. The Morgan fingerprint density at radius 2 is 2.12 bits per heavy atom. The van der Waals surface area contributed by atoms with E-state index < -0.39 is 0 Å². The van der Waals surface area contributed by atoms with Crippen LogP contribution in [0, 0.1) is 17.8 Å². The molecule has 17 heavy (non-hydrogen) atoms. The van der Waals surface area contributed by atoms with Gasteiger partial charge >= 0.3 is 0 Å². The van der Waals surface area contributed by atoms with Crippen molar-refractivity contribution in [3.63, 3.8) is 0 Å². The Morgan fingerprint density at radius 3 is 2.82 bits per heavy atom. The van der Waals surface area contributed by atoms with Gasteiger partial charge < -0.3 is 9.84 Å². The highest BCUT2D eigenvalue weighted by molar-refractivity contribution is 5.40. The zero-order valence-corrected chi connectivity index (χ0v) is 10.9. The number of fused-ring (bicyclic) bond motifs is 1. The minimum Gasteiger partial charge on any atom is -0.469 e. The first-order valence-electron chi connectivity index (χ1n) is 6.50. The highest BCUT2D eigenvalue weighted by Crippen LogP contribution is 2.42. The van der Waals surface area contributed by atoms with E-state index in [0.29, 0.717) is 17.8 Å². The summed E-state index contributed by atoms with van der Waals surface area (Å²) in [5.41, 5.74) is 2.68. The minimum atomic E-state index is 0.246. The molecule has 0 aromatic heterocycles. The molecule has 0 aromatic carbocycles. The highest BCUT2D eigenvalue weighted by Gasteiger charge is 2.31. The first-order chi connectivity index (χ1) is 8.13. The van der Waals surface area contributed by atoms with Gasteiger partial charge in [0.2, 0.25) is 0 Å². The summed E-state index contributed by atoms with van der Waals surface area (Å²) in [5, 5.41) is 9.36. The van der Waals surface area contributed by atoms with Gasteiger partial charge in [0.05, 0.1) is 6.26 Å². The van der Waals surface area contributed by atoms with Gasteiger partial charge in [-0.2, -0.15) is 0 Å². The summed E-state index contributed by atoms with van der Waals surface area (Å²) < 4.78 is 5.61. The van der Waals surface area contributed by atoms with Gasteiger partial charge in [0, 0.05) is 6.61 Å². The van der Waals surface area contributed by atoms with Crippen LogP contribution >= 0.6 is 0 Å². The molecule has 0 bridgehead atoms. The van der Waals surface area contributed by atoms with Crippen molar-refractivity contribution >= 4 is 0 Å². The fourth-order valence-electron chi connectivity index (χ4n) is 2.78. The summed E-state index contributed by atoms with van der Waals surface area (Å²) in [6, 6.07) is 0. The molecule has 1 aliphatic heterocycles. The number of hydrogen-bond donors (Lipinski definition) is 1. The van der Waals surface area contributed by atoms with E-state index in [4.69, 9.17) is 4.74 Å². The number of rotatable bonds is 2. The lowest BCUT2D eigenvalue weighted by atomic mass is 9.71. The fraction of sp³-hybridized carbons (Fsp3) is 0.600. The predicted octanol–water partition coefficient (Wildman–Crippen LogP) is 3.41. The molecule has 2 rings (SSSR count). The molecule has 1 N–H and O–H groups in total. The van der Waals surface area contributed by atoms with Crippen LogP contribution in [0.5, 0.6) is 0 Å². The molecule has 2 aliphatic rings. The molecular weight excluding hydrogens is 212 g/mol. The largest absolute Gasteiger partial charge is 0.469 e. The molecule has 3 atom stereocenters. The van der Waals surface area contributed by atoms with E-state index >= 15 is 0 Å². The maximum atomic E-state index is 9.36. The molecule has 1 aliphatic carbocycles. The van der Waals surface area contributed by atoms with Crippen LogP contribution in [0.2, 0.25) is 0 Å². The van der Waals surface area contributed by atoms with Crippen LogP contribution in [0.4, 0.5) is 0 Å². The second kappa shape index (κ2) is 5.09. The van der Waals surface area contributed by atoms with Gasteiger partial charge in [0.15, 0.2) is 0 Å². The van der Waals surface area contributed by atoms with Crippen LogP contribution in [-0.4, -0.2) is 11.7 Å². The Hall–Kier alpha value is -1.02. The normalized spacial score (nSPS) is 30.2. The van der Waals surface area contributed by atoms with Gasteiger partial charge in [-0.15, -0.1) is 0 Å². The lowest BCUT2D eigenvalue weighted by Gasteiger charge is -2.34. The van der Waals surface area contributed by atoms with E-state index in [0.717, 1.165) is 12.2 Å². The first-order valence-corrected chi connectivity index (χ1v) is 6.50. The Kier molecular flexibility index (Phi) is 3.72. The van der Waals surface area contributed by atoms with E-state index in [2.05, 4.69) is 19.9 Å². The SMILES string of the molecule is CC1=CC=C2C(=CO1)C([C@@H](C)CO)CC[C@H]2C. The van der Waals surface area contributed by atoms with Gasteiger partial charge in [-0.1, -0.05) is 19.9 Å². The van der Waals surface area contributed by atoms with Crippen molar-refractivity contribution in [3.8, 4) is 0 Å². The molecule has 0 radical (unpaired) electrons. The van der Waals surface area contributed by atoms with Gasteiger partial charge in [-0.25, -0.2) is 0 Å². The number of hydrogen-bond acceptors (Lipinski definition) is 2. The van der Waals surface area contributed by atoms with E-state index in [-0.39, 0.29) is 6.61 Å². The molecule has 1 unspecified atom stereocenters. The number of aliphatic hydroxyl groups is 1. The third-order valence-corrected chi connectivity index (χ3v) is 4.02. The van der Waals surface area contributed by atoms with E-state index in [1.807, 2.05) is 19.3 Å². The van der Waals surface area contributed by atoms with Crippen molar-refractivity contribution in [3.05, 3.63) is 35.3 Å². The summed E-state index contributed by atoms with van der Waals surface area (Å²) in [6.07, 6.45) is 8.48. The van der Waals surface area contributed by atoms with Crippen molar-refractivity contribution in [2.75, 3.05) is 6.61 Å². The van der Waals surface area contributed by atoms with Crippen LogP contribution in [0.15, 0.2) is 35.3 Å². The van der Waals surface area contributed by atoms with Crippen LogP contribution in [0.3, 0.4) is 0 Å². The molecule has 1 heterocycles. The maximum Gasteiger partial charge on any atom is 0.100 e. The fourth-order valence-corrected chi connectivity index (χ4v) is 2.78. The van der Waals surface area contributed by atoms with Crippen LogP contribution < -0.4 is 0 Å².